The third kappa shape index (κ3) is 3.04. The van der Waals surface area contributed by atoms with Crippen LogP contribution in [0.1, 0.15) is 5.56 Å². The molecule has 1 nitrogen and oxygen atoms in total. The summed E-state index contributed by atoms with van der Waals surface area (Å²) >= 11 is 0. The van der Waals surface area contributed by atoms with E-state index in [2.05, 4.69) is 6.58 Å². The first-order chi connectivity index (χ1) is 6.95. The second kappa shape index (κ2) is 4.42. The molecule has 1 aromatic rings. The van der Waals surface area contributed by atoms with E-state index in [1.165, 1.54) is 6.07 Å². The third-order valence-corrected chi connectivity index (χ3v) is 1.93. The van der Waals surface area contributed by atoms with Gasteiger partial charge in [-0.1, -0.05) is 24.8 Å². The first-order valence-electron chi connectivity index (χ1n) is 4.49. The lowest BCUT2D eigenvalue weighted by Crippen LogP contribution is -2.34. The summed E-state index contributed by atoms with van der Waals surface area (Å²) in [5.41, 5.74) is -0.119. The van der Waals surface area contributed by atoms with Crippen LogP contribution in [-0.4, -0.2) is 13.6 Å². The quantitative estimate of drug-likeness (QED) is 0.554. The van der Waals surface area contributed by atoms with E-state index < -0.39 is 12.4 Å². The Hall–Kier alpha value is -1.39. The monoisotopic (exact) mass is 215 g/mol. The van der Waals surface area contributed by atoms with Crippen molar-refractivity contribution in [1.29, 1.82) is 0 Å². The summed E-state index contributed by atoms with van der Waals surface area (Å²) in [4.78, 5) is 0. The molecule has 82 valence electrons. The number of aryl methyl sites for hydroxylation is 1. The molecule has 5 heteroatoms. The van der Waals surface area contributed by atoms with Crippen LogP contribution in [0.2, 0.25) is 0 Å². The van der Waals surface area contributed by atoms with Crippen LogP contribution in [0, 0.1) is 6.92 Å². The van der Waals surface area contributed by atoms with Crippen LogP contribution in [0.15, 0.2) is 30.9 Å². The molecule has 0 saturated heterocycles. The number of hydrogen-bond donors (Lipinski definition) is 0. The second-order valence-corrected chi connectivity index (χ2v) is 3.20. The fourth-order valence-corrected chi connectivity index (χ4v) is 1.19. The van der Waals surface area contributed by atoms with Crippen molar-refractivity contribution in [2.24, 2.45) is 0 Å². The van der Waals surface area contributed by atoms with Gasteiger partial charge in [-0.15, -0.1) is 5.46 Å². The Morgan fingerprint density at radius 3 is 2.53 bits per heavy atom. The minimum absolute atomic E-state index is 0.289. The zero-order chi connectivity index (χ0) is 11.5. The lowest BCUT2D eigenvalue weighted by molar-refractivity contribution is 0.360. The molecule has 0 fully saturated rings. The van der Waals surface area contributed by atoms with Gasteiger partial charge in [-0.05, 0) is 18.6 Å². The highest BCUT2D eigenvalue weighted by Gasteiger charge is 2.25. The zero-order valence-corrected chi connectivity index (χ0v) is 8.34. The summed E-state index contributed by atoms with van der Waals surface area (Å²) in [6, 6.07) is 3.47. The number of rotatable bonds is 4. The minimum Gasteiger partial charge on any atom is -0.489 e. The van der Waals surface area contributed by atoms with Crippen molar-refractivity contribution < 1.29 is 17.7 Å². The van der Waals surface area contributed by atoms with Crippen molar-refractivity contribution in [2.75, 3.05) is 6.61 Å². The first kappa shape index (κ1) is 11.7. The van der Waals surface area contributed by atoms with E-state index in [-0.39, 0.29) is 6.61 Å². The highest BCUT2D eigenvalue weighted by molar-refractivity contribution is 6.73. The molecule has 15 heavy (non-hydrogen) atoms. The second-order valence-electron chi connectivity index (χ2n) is 3.20. The molecular weight excluding hydrogens is 204 g/mol. The fraction of sp³-hybridized carbons (Fsp3) is 0.200. The number of hydrogen-bond acceptors (Lipinski definition) is 1. The Morgan fingerprint density at radius 2 is 2.07 bits per heavy atom. The molecule has 0 unspecified atom stereocenters. The highest BCUT2D eigenvalue weighted by Crippen LogP contribution is 2.18. The van der Waals surface area contributed by atoms with E-state index in [4.69, 9.17) is 4.74 Å². The number of halogens is 3. The van der Waals surface area contributed by atoms with E-state index in [9.17, 15) is 12.9 Å². The molecule has 0 aromatic heterocycles. The Labute approximate surface area is 86.6 Å². The van der Waals surface area contributed by atoms with Crippen molar-refractivity contribution in [1.82, 2.24) is 0 Å². The van der Waals surface area contributed by atoms with Gasteiger partial charge in [0.2, 0.25) is 0 Å². The number of benzene rings is 1. The molecule has 1 aromatic carbocycles. The van der Waals surface area contributed by atoms with Gasteiger partial charge in [-0.2, -0.15) is 0 Å². The molecule has 0 aliphatic rings. The highest BCUT2D eigenvalue weighted by atomic mass is 19.4. The molecule has 0 spiro atoms. The average Bonchev–Trinajstić information content (AvgIpc) is 2.14. The zero-order valence-electron chi connectivity index (χ0n) is 8.34. The van der Waals surface area contributed by atoms with Crippen LogP contribution in [0.5, 0.6) is 5.75 Å². The summed E-state index contributed by atoms with van der Waals surface area (Å²) < 4.78 is 42.2. The van der Waals surface area contributed by atoms with E-state index in [0.717, 1.165) is 12.1 Å². The van der Waals surface area contributed by atoms with Crippen LogP contribution < -0.4 is 10.2 Å². The van der Waals surface area contributed by atoms with Crippen molar-refractivity contribution in [3.8, 4) is 5.75 Å². The van der Waals surface area contributed by atoms with Gasteiger partial charge in [0.05, 0.1) is 0 Å². The Morgan fingerprint density at radius 1 is 1.40 bits per heavy atom. The lowest BCUT2D eigenvalue weighted by atomic mass is 9.79. The minimum atomic E-state index is -4.93. The predicted octanol–water partition coefficient (Wildman–Crippen LogP) is 2.61. The van der Waals surface area contributed by atoms with Gasteiger partial charge in [0.25, 0.3) is 0 Å². The Balaban J connectivity index is 2.93. The molecule has 0 saturated carbocycles. The van der Waals surface area contributed by atoms with Gasteiger partial charge in [0, 0.05) is 0 Å². The molecule has 0 N–H and O–H groups in total. The maximum absolute atomic E-state index is 12.4. The van der Waals surface area contributed by atoms with Crippen LogP contribution in [0.25, 0.3) is 0 Å². The van der Waals surface area contributed by atoms with Crippen molar-refractivity contribution in [2.45, 2.75) is 6.92 Å². The Kier molecular flexibility index (Phi) is 3.45. The van der Waals surface area contributed by atoms with Gasteiger partial charge >= 0.3 is 6.98 Å². The van der Waals surface area contributed by atoms with Crippen LogP contribution >= 0.6 is 0 Å². The van der Waals surface area contributed by atoms with Crippen molar-refractivity contribution >= 4 is 12.4 Å². The molecule has 0 heterocycles. The predicted molar refractivity (Wildman–Crippen MR) is 55.6 cm³/mol. The summed E-state index contributed by atoms with van der Waals surface area (Å²) in [5.74, 6) is 0.457. The molecule has 0 radical (unpaired) electrons. The molecule has 1 rings (SSSR count). The lowest BCUT2D eigenvalue weighted by Gasteiger charge is -2.16. The largest absolute Gasteiger partial charge is 0.509 e. The average molecular weight is 215 g/mol. The summed E-state index contributed by atoms with van der Waals surface area (Å²) in [7, 11) is 0. The molecule has 0 bridgehead atoms. The van der Waals surface area contributed by atoms with Gasteiger partial charge < -0.3 is 17.7 Å². The molecule has 0 amide bonds. The van der Waals surface area contributed by atoms with Crippen molar-refractivity contribution in [3.05, 3.63) is 36.4 Å². The maximum atomic E-state index is 12.4. The maximum Gasteiger partial charge on any atom is 0.509 e. The van der Waals surface area contributed by atoms with Crippen molar-refractivity contribution in [3.63, 3.8) is 0 Å². The summed E-state index contributed by atoms with van der Waals surface area (Å²) in [6.07, 6.45) is 1.54. The van der Waals surface area contributed by atoms with E-state index >= 15 is 0 Å². The van der Waals surface area contributed by atoms with E-state index in [1.54, 1.807) is 13.0 Å². The van der Waals surface area contributed by atoms with Crippen LogP contribution in [-0.2, 0) is 0 Å². The van der Waals surface area contributed by atoms with E-state index in [0.29, 0.717) is 11.3 Å². The summed E-state index contributed by atoms with van der Waals surface area (Å²) in [6.45, 7) is 0.407. The van der Waals surface area contributed by atoms with Crippen LogP contribution in [0.4, 0.5) is 12.9 Å². The standard InChI is InChI=1S/C10H11BF3O/c1-3-6-15-10-5-4-9(7-8(10)2)11(12,13)14/h3-5,7H,1,6H2,2H3/q-1. The van der Waals surface area contributed by atoms with E-state index in [1.807, 2.05) is 0 Å². The molecule has 0 atom stereocenters. The van der Waals surface area contributed by atoms with Crippen LogP contribution in [0.3, 0.4) is 0 Å². The molecule has 0 aliphatic carbocycles. The third-order valence-electron chi connectivity index (χ3n) is 1.93. The van der Waals surface area contributed by atoms with Gasteiger partial charge in [0.1, 0.15) is 12.4 Å². The first-order valence-corrected chi connectivity index (χ1v) is 4.49. The normalized spacial score (nSPS) is 11.2. The van der Waals surface area contributed by atoms with Gasteiger partial charge in [0.15, 0.2) is 0 Å². The molecular formula is C10H11BF3O-. The Bertz CT molecular complexity index is 360. The van der Waals surface area contributed by atoms with Gasteiger partial charge in [-0.3, -0.25) is 0 Å². The molecule has 0 aliphatic heterocycles. The number of ether oxygens (including phenoxy) is 1. The topological polar surface area (TPSA) is 9.23 Å². The fourth-order valence-electron chi connectivity index (χ4n) is 1.19. The SMILES string of the molecule is C=CCOc1ccc([B-](F)(F)F)cc1C. The van der Waals surface area contributed by atoms with Gasteiger partial charge in [-0.25, -0.2) is 0 Å². The summed E-state index contributed by atoms with van der Waals surface area (Å²) in [5, 5.41) is 0. The smallest absolute Gasteiger partial charge is 0.489 e.